The van der Waals surface area contributed by atoms with Gasteiger partial charge in [-0.25, -0.2) is 0 Å². The van der Waals surface area contributed by atoms with Crippen LogP contribution >= 0.6 is 11.6 Å². The number of benzene rings is 2. The molecule has 0 saturated heterocycles. The van der Waals surface area contributed by atoms with Crippen LogP contribution in [0, 0.1) is 0 Å². The number of carbonyl (C=O) groups excluding carboxylic acids is 1. The molecule has 0 N–H and O–H groups in total. The third kappa shape index (κ3) is 5.00. The Kier molecular flexibility index (Phi) is 7.23. The number of ether oxygens (including phenoxy) is 3. The standard InChI is InChI=1S/C22H22ClNO4/c1-2-19(25)17-6-3-4-8-20(17)27-14-12-26-13-15-28-21-10-9-18(23)16-7-5-11-24-22(16)21/h3-11H,2,12-15H2,1H3. The van der Waals surface area contributed by atoms with Gasteiger partial charge in [0.2, 0.25) is 0 Å². The van der Waals surface area contributed by atoms with Crippen molar-refractivity contribution in [1.29, 1.82) is 0 Å². The number of fused-ring (bicyclic) bond motifs is 1. The van der Waals surface area contributed by atoms with E-state index in [4.69, 9.17) is 25.8 Å². The molecule has 0 atom stereocenters. The van der Waals surface area contributed by atoms with E-state index in [9.17, 15) is 4.79 Å². The Labute approximate surface area is 169 Å². The van der Waals surface area contributed by atoms with E-state index in [2.05, 4.69) is 4.98 Å². The molecule has 28 heavy (non-hydrogen) atoms. The molecule has 0 aliphatic heterocycles. The van der Waals surface area contributed by atoms with E-state index in [1.54, 1.807) is 24.4 Å². The maximum Gasteiger partial charge on any atom is 0.166 e. The summed E-state index contributed by atoms with van der Waals surface area (Å²) >= 11 is 6.18. The summed E-state index contributed by atoms with van der Waals surface area (Å²) in [4.78, 5) is 16.3. The third-order valence-electron chi connectivity index (χ3n) is 4.16. The van der Waals surface area contributed by atoms with E-state index in [0.717, 1.165) is 10.9 Å². The van der Waals surface area contributed by atoms with Gasteiger partial charge in [0.25, 0.3) is 0 Å². The predicted octanol–water partition coefficient (Wildman–Crippen LogP) is 4.96. The Morgan fingerprint density at radius 3 is 2.46 bits per heavy atom. The lowest BCUT2D eigenvalue weighted by atomic mass is 10.1. The van der Waals surface area contributed by atoms with Crippen LogP contribution in [-0.2, 0) is 4.74 Å². The molecule has 0 radical (unpaired) electrons. The minimum Gasteiger partial charge on any atom is -0.490 e. The average Bonchev–Trinajstić information content (AvgIpc) is 2.74. The van der Waals surface area contributed by atoms with Crippen molar-refractivity contribution in [1.82, 2.24) is 4.98 Å². The molecule has 6 heteroatoms. The molecule has 0 saturated carbocycles. The number of halogens is 1. The molecular weight excluding hydrogens is 378 g/mol. The molecule has 0 spiro atoms. The SMILES string of the molecule is CCC(=O)c1ccccc1OCCOCCOc1ccc(Cl)c2cccnc12. The number of pyridine rings is 1. The first-order valence-electron chi connectivity index (χ1n) is 9.19. The topological polar surface area (TPSA) is 57.7 Å². The summed E-state index contributed by atoms with van der Waals surface area (Å²) in [5.74, 6) is 1.33. The molecule has 1 heterocycles. The number of hydrogen-bond donors (Lipinski definition) is 0. The van der Waals surface area contributed by atoms with Gasteiger partial charge in [0.05, 0.1) is 23.8 Å². The first kappa shape index (κ1) is 20.1. The quantitative estimate of drug-likeness (QED) is 0.356. The molecule has 0 aliphatic rings. The fourth-order valence-corrected chi connectivity index (χ4v) is 2.98. The number of para-hydroxylation sites is 1. The van der Waals surface area contributed by atoms with Gasteiger partial charge >= 0.3 is 0 Å². The molecule has 0 bridgehead atoms. The van der Waals surface area contributed by atoms with Crippen molar-refractivity contribution in [2.75, 3.05) is 26.4 Å². The maximum absolute atomic E-state index is 11.9. The number of carbonyl (C=O) groups is 1. The number of nitrogens with zero attached hydrogens (tertiary/aromatic N) is 1. The molecule has 2 aromatic carbocycles. The molecule has 146 valence electrons. The fourth-order valence-electron chi connectivity index (χ4n) is 2.76. The molecule has 0 amide bonds. The van der Waals surface area contributed by atoms with Crippen LogP contribution in [0.15, 0.2) is 54.7 Å². The van der Waals surface area contributed by atoms with E-state index < -0.39 is 0 Å². The molecular formula is C22H22ClNO4. The second kappa shape index (κ2) is 10.1. The zero-order chi connectivity index (χ0) is 19.8. The molecule has 3 aromatic rings. The van der Waals surface area contributed by atoms with Crippen LogP contribution in [0.2, 0.25) is 5.02 Å². The van der Waals surface area contributed by atoms with Gasteiger partial charge in [-0.3, -0.25) is 9.78 Å². The lowest BCUT2D eigenvalue weighted by Gasteiger charge is -2.12. The van der Waals surface area contributed by atoms with Crippen LogP contribution in [0.5, 0.6) is 11.5 Å². The Bertz CT molecular complexity index is 945. The molecule has 0 fully saturated rings. The van der Waals surface area contributed by atoms with E-state index in [1.807, 2.05) is 37.3 Å². The van der Waals surface area contributed by atoms with Crippen molar-refractivity contribution in [2.24, 2.45) is 0 Å². The number of Topliss-reactive ketones (excluding diaryl/α,β-unsaturated/α-hetero) is 1. The highest BCUT2D eigenvalue weighted by molar-refractivity contribution is 6.35. The number of ketones is 1. The summed E-state index contributed by atoms with van der Waals surface area (Å²) < 4.78 is 17.0. The largest absolute Gasteiger partial charge is 0.490 e. The summed E-state index contributed by atoms with van der Waals surface area (Å²) in [5.41, 5.74) is 1.34. The Balaban J connectivity index is 1.42. The lowest BCUT2D eigenvalue weighted by molar-refractivity contribution is 0.0761. The lowest BCUT2D eigenvalue weighted by Crippen LogP contribution is -2.13. The Hall–Kier alpha value is -2.63. The van der Waals surface area contributed by atoms with Crippen molar-refractivity contribution < 1.29 is 19.0 Å². The first-order valence-corrected chi connectivity index (χ1v) is 9.57. The molecule has 1 aromatic heterocycles. The highest BCUT2D eigenvalue weighted by atomic mass is 35.5. The van der Waals surface area contributed by atoms with Crippen LogP contribution in [0.25, 0.3) is 10.9 Å². The van der Waals surface area contributed by atoms with Crippen molar-refractivity contribution in [3.8, 4) is 11.5 Å². The number of aromatic nitrogens is 1. The summed E-state index contributed by atoms with van der Waals surface area (Å²) in [6.45, 7) is 3.40. The smallest absolute Gasteiger partial charge is 0.166 e. The van der Waals surface area contributed by atoms with E-state index in [1.165, 1.54) is 0 Å². The van der Waals surface area contributed by atoms with Crippen molar-refractivity contribution in [2.45, 2.75) is 13.3 Å². The van der Waals surface area contributed by atoms with E-state index in [-0.39, 0.29) is 5.78 Å². The van der Waals surface area contributed by atoms with Gasteiger partial charge in [0.15, 0.2) is 5.78 Å². The van der Waals surface area contributed by atoms with Gasteiger partial charge < -0.3 is 14.2 Å². The third-order valence-corrected chi connectivity index (χ3v) is 4.49. The summed E-state index contributed by atoms with van der Waals surface area (Å²) in [6.07, 6.45) is 2.16. The van der Waals surface area contributed by atoms with E-state index >= 15 is 0 Å². The minimum absolute atomic E-state index is 0.0636. The zero-order valence-corrected chi connectivity index (χ0v) is 16.4. The summed E-state index contributed by atoms with van der Waals surface area (Å²) in [6, 6.07) is 14.6. The minimum atomic E-state index is 0.0636. The molecule has 5 nitrogen and oxygen atoms in total. The summed E-state index contributed by atoms with van der Waals surface area (Å²) in [5, 5.41) is 1.50. The van der Waals surface area contributed by atoms with Crippen LogP contribution in [0.4, 0.5) is 0 Å². The van der Waals surface area contributed by atoms with Crippen LogP contribution < -0.4 is 9.47 Å². The van der Waals surface area contributed by atoms with Crippen molar-refractivity contribution >= 4 is 28.3 Å². The van der Waals surface area contributed by atoms with Crippen LogP contribution in [0.3, 0.4) is 0 Å². The summed E-state index contributed by atoms with van der Waals surface area (Å²) in [7, 11) is 0. The van der Waals surface area contributed by atoms with Crippen LogP contribution in [0.1, 0.15) is 23.7 Å². The van der Waals surface area contributed by atoms with Gasteiger partial charge in [0, 0.05) is 18.0 Å². The first-order chi connectivity index (χ1) is 13.7. The highest BCUT2D eigenvalue weighted by Gasteiger charge is 2.10. The Morgan fingerprint density at radius 1 is 0.929 bits per heavy atom. The molecule has 0 aliphatic carbocycles. The van der Waals surface area contributed by atoms with Gasteiger partial charge in [-0.1, -0.05) is 30.7 Å². The number of hydrogen-bond acceptors (Lipinski definition) is 5. The fraction of sp³-hybridized carbons (Fsp3) is 0.273. The second-order valence-electron chi connectivity index (χ2n) is 6.03. The Morgan fingerprint density at radius 2 is 1.68 bits per heavy atom. The van der Waals surface area contributed by atoms with E-state index in [0.29, 0.717) is 54.9 Å². The van der Waals surface area contributed by atoms with Crippen molar-refractivity contribution in [3.63, 3.8) is 0 Å². The molecule has 3 rings (SSSR count). The monoisotopic (exact) mass is 399 g/mol. The van der Waals surface area contributed by atoms with Gasteiger partial charge in [0.1, 0.15) is 30.2 Å². The zero-order valence-electron chi connectivity index (χ0n) is 15.7. The molecule has 0 unspecified atom stereocenters. The highest BCUT2D eigenvalue weighted by Crippen LogP contribution is 2.29. The van der Waals surface area contributed by atoms with Crippen LogP contribution in [-0.4, -0.2) is 37.2 Å². The van der Waals surface area contributed by atoms with Gasteiger partial charge in [-0.15, -0.1) is 0 Å². The normalized spacial score (nSPS) is 10.8. The van der Waals surface area contributed by atoms with Gasteiger partial charge in [-0.2, -0.15) is 0 Å². The number of rotatable bonds is 10. The van der Waals surface area contributed by atoms with Crippen molar-refractivity contribution in [3.05, 3.63) is 65.3 Å². The predicted molar refractivity (Wildman–Crippen MR) is 110 cm³/mol. The maximum atomic E-state index is 11.9. The second-order valence-corrected chi connectivity index (χ2v) is 6.43. The van der Waals surface area contributed by atoms with Gasteiger partial charge in [-0.05, 0) is 36.4 Å². The average molecular weight is 400 g/mol.